The molecule has 0 radical (unpaired) electrons. The molecule has 0 bridgehead atoms. The van der Waals surface area contributed by atoms with Gasteiger partial charge in [0.15, 0.2) is 0 Å². The summed E-state index contributed by atoms with van der Waals surface area (Å²) in [5.41, 5.74) is 1.15. The number of rotatable bonds is 3. The van der Waals surface area contributed by atoms with E-state index in [1.807, 2.05) is 0 Å². The molecule has 2 heterocycles. The maximum Gasteiger partial charge on any atom is 0.226 e. The second-order valence-corrected chi connectivity index (χ2v) is 4.79. The first-order chi connectivity index (χ1) is 8.28. The van der Waals surface area contributed by atoms with Crippen LogP contribution in [0.5, 0.6) is 0 Å². The number of carbonyl (C=O) groups is 1. The number of nitrogens with one attached hydrogen (secondary N) is 1. The topological polar surface area (TPSA) is 58.1 Å². The summed E-state index contributed by atoms with van der Waals surface area (Å²) in [5.74, 6) is 1.84. The average Bonchev–Trinajstić information content (AvgIpc) is 3.11. The highest BCUT2D eigenvalue weighted by Crippen LogP contribution is 2.39. The first-order valence-electron chi connectivity index (χ1n) is 6.06. The van der Waals surface area contributed by atoms with E-state index in [0.717, 1.165) is 24.6 Å². The predicted molar refractivity (Wildman–Crippen MR) is 63.8 cm³/mol. The predicted octanol–water partition coefficient (Wildman–Crippen LogP) is 0.536. The van der Waals surface area contributed by atoms with Gasteiger partial charge in [-0.15, -0.1) is 0 Å². The highest BCUT2D eigenvalue weighted by atomic mass is 16.1. The molecule has 1 amide bonds. The molecular weight excluding hydrogens is 216 g/mol. The Bertz CT molecular complexity index is 438. The van der Waals surface area contributed by atoms with Crippen LogP contribution in [0, 0.1) is 5.92 Å². The highest BCUT2D eigenvalue weighted by Gasteiger charge is 2.33. The van der Waals surface area contributed by atoms with E-state index < -0.39 is 0 Å². The molecule has 1 aliphatic carbocycles. The Morgan fingerprint density at radius 1 is 1.41 bits per heavy atom. The van der Waals surface area contributed by atoms with E-state index >= 15 is 0 Å². The Balaban J connectivity index is 1.66. The van der Waals surface area contributed by atoms with Crippen molar-refractivity contribution in [1.29, 1.82) is 0 Å². The van der Waals surface area contributed by atoms with Gasteiger partial charge in [-0.1, -0.05) is 0 Å². The number of amides is 1. The highest BCUT2D eigenvalue weighted by molar-refractivity contribution is 5.81. The van der Waals surface area contributed by atoms with Crippen molar-refractivity contribution in [2.45, 2.75) is 18.8 Å². The zero-order valence-corrected chi connectivity index (χ0v) is 9.89. The van der Waals surface area contributed by atoms with Crippen molar-refractivity contribution in [1.82, 2.24) is 15.3 Å². The van der Waals surface area contributed by atoms with Crippen LogP contribution in [-0.2, 0) is 4.79 Å². The molecule has 1 saturated heterocycles. The smallest absolute Gasteiger partial charge is 0.226 e. The Morgan fingerprint density at radius 2 is 2.18 bits per heavy atom. The minimum atomic E-state index is 0.111. The number of nitrogens with zero attached hydrogens (tertiary/aromatic N) is 3. The Labute approximate surface area is 100 Å². The zero-order chi connectivity index (χ0) is 11.8. The first kappa shape index (κ1) is 10.5. The fraction of sp³-hybridized carbons (Fsp3) is 0.583. The number of carbonyl (C=O) groups excluding carboxylic acids is 1. The molecule has 0 aromatic carbocycles. The second kappa shape index (κ2) is 3.98. The largest absolute Gasteiger partial charge is 0.359 e. The lowest BCUT2D eigenvalue weighted by Crippen LogP contribution is -2.53. The molecule has 1 saturated carbocycles. The monoisotopic (exact) mass is 232 g/mol. The summed E-state index contributed by atoms with van der Waals surface area (Å²) in [6.45, 7) is 1.53. The normalized spacial score (nSPS) is 19.9. The second-order valence-electron chi connectivity index (χ2n) is 4.79. The van der Waals surface area contributed by atoms with Crippen molar-refractivity contribution in [2.75, 3.05) is 25.0 Å². The third-order valence-electron chi connectivity index (χ3n) is 3.49. The third kappa shape index (κ3) is 1.97. The lowest BCUT2D eigenvalue weighted by Gasteiger charge is -2.38. The van der Waals surface area contributed by atoms with Crippen LogP contribution in [0.25, 0.3) is 0 Å². The maximum absolute atomic E-state index is 11.4. The minimum absolute atomic E-state index is 0.111. The summed E-state index contributed by atoms with van der Waals surface area (Å²) < 4.78 is 0. The summed E-state index contributed by atoms with van der Waals surface area (Å²) in [7, 11) is 1.68. The van der Waals surface area contributed by atoms with Crippen LogP contribution in [0.4, 0.5) is 5.82 Å². The van der Waals surface area contributed by atoms with E-state index in [1.54, 1.807) is 13.4 Å². The Hall–Kier alpha value is -1.65. The van der Waals surface area contributed by atoms with Crippen molar-refractivity contribution >= 4 is 11.7 Å². The molecule has 2 fully saturated rings. The van der Waals surface area contributed by atoms with E-state index in [1.165, 1.54) is 12.8 Å². The van der Waals surface area contributed by atoms with Gasteiger partial charge in [-0.2, -0.15) is 0 Å². The van der Waals surface area contributed by atoms with E-state index in [-0.39, 0.29) is 11.8 Å². The standard InChI is InChI=1S/C12H16N4O/c1-13-12(17)9-5-16(6-9)11-4-10(8-2-3-8)14-7-15-11/h4,7-9H,2-3,5-6H2,1H3,(H,13,17). The lowest BCUT2D eigenvalue weighted by atomic mass is 9.99. The van der Waals surface area contributed by atoms with Gasteiger partial charge < -0.3 is 10.2 Å². The van der Waals surface area contributed by atoms with E-state index in [2.05, 4.69) is 26.3 Å². The quantitative estimate of drug-likeness (QED) is 0.826. The summed E-state index contributed by atoms with van der Waals surface area (Å²) >= 11 is 0. The molecule has 2 aliphatic rings. The summed E-state index contributed by atoms with van der Waals surface area (Å²) in [6.07, 6.45) is 4.13. The first-order valence-corrected chi connectivity index (χ1v) is 6.06. The molecule has 1 aromatic heterocycles. The van der Waals surface area contributed by atoms with Crippen LogP contribution < -0.4 is 10.2 Å². The molecular formula is C12H16N4O. The van der Waals surface area contributed by atoms with Crippen LogP contribution in [-0.4, -0.2) is 36.0 Å². The molecule has 0 unspecified atom stereocenters. The molecule has 17 heavy (non-hydrogen) atoms. The lowest BCUT2D eigenvalue weighted by molar-refractivity contribution is -0.125. The van der Waals surface area contributed by atoms with Gasteiger partial charge in [-0.25, -0.2) is 9.97 Å². The third-order valence-corrected chi connectivity index (χ3v) is 3.49. The Morgan fingerprint density at radius 3 is 2.82 bits per heavy atom. The summed E-state index contributed by atoms with van der Waals surface area (Å²) in [6, 6.07) is 2.07. The van der Waals surface area contributed by atoms with Crippen molar-refractivity contribution < 1.29 is 4.79 Å². The van der Waals surface area contributed by atoms with Crippen molar-refractivity contribution in [2.24, 2.45) is 5.92 Å². The zero-order valence-electron chi connectivity index (χ0n) is 9.89. The fourth-order valence-electron chi connectivity index (χ4n) is 2.17. The van der Waals surface area contributed by atoms with Crippen LogP contribution >= 0.6 is 0 Å². The SMILES string of the molecule is CNC(=O)C1CN(c2cc(C3CC3)ncn2)C1. The van der Waals surface area contributed by atoms with Gasteiger partial charge in [-0.05, 0) is 12.8 Å². The van der Waals surface area contributed by atoms with E-state index in [0.29, 0.717) is 5.92 Å². The van der Waals surface area contributed by atoms with Gasteiger partial charge in [0.25, 0.3) is 0 Å². The number of hydrogen-bond acceptors (Lipinski definition) is 4. The van der Waals surface area contributed by atoms with Crippen molar-refractivity contribution in [3.63, 3.8) is 0 Å². The Kier molecular flexibility index (Phi) is 2.46. The van der Waals surface area contributed by atoms with Gasteiger partial charge >= 0.3 is 0 Å². The molecule has 1 aromatic rings. The molecule has 0 atom stereocenters. The molecule has 1 aliphatic heterocycles. The molecule has 90 valence electrons. The van der Waals surface area contributed by atoms with Crippen LogP contribution in [0.2, 0.25) is 0 Å². The molecule has 3 rings (SSSR count). The van der Waals surface area contributed by atoms with E-state index in [4.69, 9.17) is 0 Å². The molecule has 1 N–H and O–H groups in total. The minimum Gasteiger partial charge on any atom is -0.359 e. The van der Waals surface area contributed by atoms with Crippen molar-refractivity contribution in [3.8, 4) is 0 Å². The fourth-order valence-corrected chi connectivity index (χ4v) is 2.17. The number of hydrogen-bond donors (Lipinski definition) is 1. The van der Waals surface area contributed by atoms with Gasteiger partial charge in [-0.3, -0.25) is 4.79 Å². The average molecular weight is 232 g/mol. The summed E-state index contributed by atoms with van der Waals surface area (Å²) in [4.78, 5) is 22.1. The van der Waals surface area contributed by atoms with Crippen LogP contribution in [0.15, 0.2) is 12.4 Å². The molecule has 0 spiro atoms. The van der Waals surface area contributed by atoms with Gasteiger partial charge in [0.05, 0.1) is 5.92 Å². The number of aromatic nitrogens is 2. The number of anilines is 1. The van der Waals surface area contributed by atoms with Gasteiger partial charge in [0, 0.05) is 37.8 Å². The van der Waals surface area contributed by atoms with Crippen LogP contribution in [0.1, 0.15) is 24.5 Å². The van der Waals surface area contributed by atoms with Gasteiger partial charge in [0.2, 0.25) is 5.91 Å². The van der Waals surface area contributed by atoms with Crippen LogP contribution in [0.3, 0.4) is 0 Å². The van der Waals surface area contributed by atoms with Crippen molar-refractivity contribution in [3.05, 3.63) is 18.1 Å². The maximum atomic E-state index is 11.4. The molecule has 5 nitrogen and oxygen atoms in total. The van der Waals surface area contributed by atoms with E-state index in [9.17, 15) is 4.79 Å². The summed E-state index contributed by atoms with van der Waals surface area (Å²) in [5, 5.41) is 2.68. The molecule has 5 heteroatoms. The van der Waals surface area contributed by atoms with Gasteiger partial charge in [0.1, 0.15) is 12.1 Å².